The molecule has 3 rings (SSSR count). The summed E-state index contributed by atoms with van der Waals surface area (Å²) < 4.78 is 4.93. The van der Waals surface area contributed by atoms with Crippen LogP contribution in [-0.4, -0.2) is 56.1 Å². The second-order valence-electron chi connectivity index (χ2n) is 6.51. The minimum absolute atomic E-state index is 0.0843. The molecular formula is C20H25N3O3. The predicted molar refractivity (Wildman–Crippen MR) is 101 cm³/mol. The van der Waals surface area contributed by atoms with Gasteiger partial charge in [-0.2, -0.15) is 0 Å². The first-order valence-electron chi connectivity index (χ1n) is 8.92. The third-order valence-electron chi connectivity index (χ3n) is 4.65. The van der Waals surface area contributed by atoms with Crippen LogP contribution >= 0.6 is 0 Å². The van der Waals surface area contributed by atoms with Crippen LogP contribution in [0.5, 0.6) is 0 Å². The Bertz CT molecular complexity index is 778. The second-order valence-corrected chi connectivity index (χ2v) is 6.51. The molecule has 6 heteroatoms. The van der Waals surface area contributed by atoms with Crippen molar-refractivity contribution in [1.29, 1.82) is 0 Å². The van der Waals surface area contributed by atoms with E-state index >= 15 is 0 Å². The SMILES string of the molecule is COCCNC(=O)C[C@H]1C(=O)NCCN1Cc1ccc2ccccc2c1. The molecule has 0 aromatic heterocycles. The average molecular weight is 355 g/mol. The number of ether oxygens (including phenoxy) is 1. The van der Waals surface area contributed by atoms with Gasteiger partial charge in [0.15, 0.2) is 0 Å². The molecule has 0 spiro atoms. The predicted octanol–water partition coefficient (Wildman–Crippen LogP) is 1.29. The fraction of sp³-hybridized carbons (Fsp3) is 0.400. The maximum atomic E-state index is 12.3. The number of benzene rings is 2. The van der Waals surface area contributed by atoms with Crippen LogP contribution in [0.2, 0.25) is 0 Å². The summed E-state index contributed by atoms with van der Waals surface area (Å²) in [7, 11) is 1.59. The van der Waals surface area contributed by atoms with Crippen LogP contribution in [0.3, 0.4) is 0 Å². The lowest BCUT2D eigenvalue weighted by molar-refractivity contribution is -0.134. The Kier molecular flexibility index (Phi) is 6.20. The van der Waals surface area contributed by atoms with Crippen LogP contribution in [0.1, 0.15) is 12.0 Å². The number of methoxy groups -OCH3 is 1. The largest absolute Gasteiger partial charge is 0.383 e. The van der Waals surface area contributed by atoms with Crippen molar-refractivity contribution in [2.45, 2.75) is 19.0 Å². The number of nitrogens with zero attached hydrogens (tertiary/aromatic N) is 1. The summed E-state index contributed by atoms with van der Waals surface area (Å²) in [6.45, 7) is 2.90. The molecule has 2 aromatic carbocycles. The number of hydrogen-bond donors (Lipinski definition) is 2. The first kappa shape index (κ1) is 18.4. The maximum Gasteiger partial charge on any atom is 0.237 e. The van der Waals surface area contributed by atoms with E-state index in [1.165, 1.54) is 10.8 Å². The first-order chi connectivity index (χ1) is 12.7. The molecule has 2 aromatic rings. The van der Waals surface area contributed by atoms with E-state index in [1.54, 1.807) is 7.11 Å². The molecule has 0 aliphatic carbocycles. The van der Waals surface area contributed by atoms with Crippen LogP contribution in [0.25, 0.3) is 10.8 Å². The summed E-state index contributed by atoms with van der Waals surface area (Å²) in [5.74, 6) is -0.216. The van der Waals surface area contributed by atoms with Gasteiger partial charge in [0.25, 0.3) is 0 Å². The maximum absolute atomic E-state index is 12.3. The molecule has 1 atom stereocenters. The molecule has 0 saturated carbocycles. The molecule has 2 amide bonds. The van der Waals surface area contributed by atoms with E-state index in [9.17, 15) is 9.59 Å². The van der Waals surface area contributed by atoms with Gasteiger partial charge >= 0.3 is 0 Å². The lowest BCUT2D eigenvalue weighted by Crippen LogP contribution is -2.56. The minimum atomic E-state index is -0.447. The number of hydrogen-bond acceptors (Lipinski definition) is 4. The van der Waals surface area contributed by atoms with E-state index in [0.717, 1.165) is 12.1 Å². The first-order valence-corrected chi connectivity index (χ1v) is 8.92. The highest BCUT2D eigenvalue weighted by Crippen LogP contribution is 2.19. The third kappa shape index (κ3) is 4.59. The van der Waals surface area contributed by atoms with E-state index < -0.39 is 6.04 Å². The molecule has 1 heterocycles. The van der Waals surface area contributed by atoms with Gasteiger partial charge in [0.05, 0.1) is 19.1 Å². The number of carbonyl (C=O) groups excluding carboxylic acids is 2. The van der Waals surface area contributed by atoms with Crippen LogP contribution < -0.4 is 10.6 Å². The average Bonchev–Trinajstić information content (AvgIpc) is 2.65. The van der Waals surface area contributed by atoms with E-state index in [1.807, 2.05) is 12.1 Å². The zero-order valence-electron chi connectivity index (χ0n) is 15.0. The molecule has 6 nitrogen and oxygen atoms in total. The highest BCUT2D eigenvalue weighted by atomic mass is 16.5. The summed E-state index contributed by atoms with van der Waals surface area (Å²) in [5, 5.41) is 8.03. The number of fused-ring (bicyclic) bond motifs is 1. The fourth-order valence-electron chi connectivity index (χ4n) is 3.29. The highest BCUT2D eigenvalue weighted by Gasteiger charge is 2.31. The van der Waals surface area contributed by atoms with Crippen LogP contribution in [0.4, 0.5) is 0 Å². The van der Waals surface area contributed by atoms with E-state index in [2.05, 4.69) is 45.9 Å². The summed E-state index contributed by atoms with van der Waals surface area (Å²) >= 11 is 0. The quantitative estimate of drug-likeness (QED) is 0.735. The lowest BCUT2D eigenvalue weighted by Gasteiger charge is -2.34. The Morgan fingerprint density at radius 3 is 2.88 bits per heavy atom. The van der Waals surface area contributed by atoms with Crippen molar-refractivity contribution in [2.75, 3.05) is 33.4 Å². The Hall–Kier alpha value is -2.44. The van der Waals surface area contributed by atoms with E-state index in [0.29, 0.717) is 26.2 Å². The third-order valence-corrected chi connectivity index (χ3v) is 4.65. The smallest absolute Gasteiger partial charge is 0.237 e. The molecule has 1 fully saturated rings. The summed E-state index contributed by atoms with van der Waals surface area (Å²) in [4.78, 5) is 26.5. The molecule has 1 aliphatic heterocycles. The minimum Gasteiger partial charge on any atom is -0.383 e. The number of piperazine rings is 1. The normalized spacial score (nSPS) is 17.9. The molecule has 26 heavy (non-hydrogen) atoms. The van der Waals surface area contributed by atoms with Crippen LogP contribution in [-0.2, 0) is 20.9 Å². The molecule has 2 N–H and O–H groups in total. The van der Waals surface area contributed by atoms with Crippen molar-refractivity contribution in [3.05, 3.63) is 48.0 Å². The van der Waals surface area contributed by atoms with Crippen molar-refractivity contribution in [2.24, 2.45) is 0 Å². The van der Waals surface area contributed by atoms with Gasteiger partial charge in [0.2, 0.25) is 11.8 Å². The van der Waals surface area contributed by atoms with Crippen molar-refractivity contribution in [3.63, 3.8) is 0 Å². The van der Waals surface area contributed by atoms with Gasteiger partial charge in [0.1, 0.15) is 0 Å². The lowest BCUT2D eigenvalue weighted by atomic mass is 10.0. The van der Waals surface area contributed by atoms with Crippen molar-refractivity contribution >= 4 is 22.6 Å². The molecule has 0 unspecified atom stereocenters. The fourth-order valence-corrected chi connectivity index (χ4v) is 3.29. The van der Waals surface area contributed by atoms with Crippen LogP contribution in [0.15, 0.2) is 42.5 Å². The topological polar surface area (TPSA) is 70.7 Å². The zero-order valence-corrected chi connectivity index (χ0v) is 15.0. The zero-order chi connectivity index (χ0) is 18.4. The molecule has 0 bridgehead atoms. The van der Waals surface area contributed by atoms with Gasteiger partial charge < -0.3 is 15.4 Å². The number of carbonyl (C=O) groups is 2. The second kappa shape index (κ2) is 8.78. The highest BCUT2D eigenvalue weighted by molar-refractivity contribution is 5.89. The Balaban J connectivity index is 1.68. The Morgan fingerprint density at radius 1 is 1.27 bits per heavy atom. The van der Waals surface area contributed by atoms with Crippen molar-refractivity contribution in [1.82, 2.24) is 15.5 Å². The monoisotopic (exact) mass is 355 g/mol. The van der Waals surface area contributed by atoms with Gasteiger partial charge in [-0.3, -0.25) is 14.5 Å². The molecule has 0 radical (unpaired) electrons. The summed E-state index contributed by atoms with van der Waals surface area (Å²) in [5.41, 5.74) is 1.14. The Labute approximate surface area is 153 Å². The Morgan fingerprint density at radius 2 is 2.08 bits per heavy atom. The standard InChI is InChI=1S/C20H25N3O3/c1-26-11-9-21-19(24)13-18-20(25)22-8-10-23(18)14-15-6-7-16-4-2-3-5-17(16)12-15/h2-7,12,18H,8-11,13-14H2,1H3,(H,21,24)(H,22,25)/t18-/m0/s1. The molecule has 138 valence electrons. The summed E-state index contributed by atoms with van der Waals surface area (Å²) in [6.07, 6.45) is 0.156. The summed E-state index contributed by atoms with van der Waals surface area (Å²) in [6, 6.07) is 14.1. The van der Waals surface area contributed by atoms with Gasteiger partial charge in [0, 0.05) is 33.3 Å². The van der Waals surface area contributed by atoms with E-state index in [-0.39, 0.29) is 18.2 Å². The molecule has 1 aliphatic rings. The number of rotatable bonds is 7. The van der Waals surface area contributed by atoms with Gasteiger partial charge in [-0.05, 0) is 22.4 Å². The van der Waals surface area contributed by atoms with Gasteiger partial charge in [-0.25, -0.2) is 0 Å². The number of nitrogens with one attached hydrogen (secondary N) is 2. The molecular weight excluding hydrogens is 330 g/mol. The van der Waals surface area contributed by atoms with Crippen molar-refractivity contribution in [3.8, 4) is 0 Å². The van der Waals surface area contributed by atoms with Gasteiger partial charge in [-0.1, -0.05) is 36.4 Å². The van der Waals surface area contributed by atoms with Crippen LogP contribution in [0, 0.1) is 0 Å². The van der Waals surface area contributed by atoms with Gasteiger partial charge in [-0.15, -0.1) is 0 Å². The van der Waals surface area contributed by atoms with Crippen molar-refractivity contribution < 1.29 is 14.3 Å². The molecule has 1 saturated heterocycles. The number of amides is 2. The van der Waals surface area contributed by atoms with E-state index in [4.69, 9.17) is 4.74 Å².